The number of ether oxygens (including phenoxy) is 1. The van der Waals surface area contributed by atoms with E-state index in [4.69, 9.17) is 4.74 Å². The third-order valence-corrected chi connectivity index (χ3v) is 4.04. The molecule has 1 aromatic carbocycles. The summed E-state index contributed by atoms with van der Waals surface area (Å²) in [5.41, 5.74) is 1.90. The standard InChI is InChI=1S/C20H21FN6O2/c1-11-8-18(25-12(2)24-11)27-17-9-16(13(10-23-17)20(28)22-3)26-15-7-5-6-14(21)19(15)29-4/h5-10H,1-4H3,(H,22,28)(H2,23,24,25,26,27). The van der Waals surface area contributed by atoms with E-state index in [0.29, 0.717) is 34.4 Å². The number of nitrogens with zero attached hydrogens (tertiary/aromatic N) is 3. The minimum atomic E-state index is -0.515. The van der Waals surface area contributed by atoms with E-state index >= 15 is 0 Å². The number of methoxy groups -OCH3 is 1. The summed E-state index contributed by atoms with van der Waals surface area (Å²) in [6, 6.07) is 7.92. The van der Waals surface area contributed by atoms with Gasteiger partial charge < -0.3 is 20.7 Å². The summed E-state index contributed by atoms with van der Waals surface area (Å²) in [6.07, 6.45) is 1.43. The maximum atomic E-state index is 14.0. The number of aromatic nitrogens is 3. The monoisotopic (exact) mass is 396 g/mol. The van der Waals surface area contributed by atoms with Crippen LogP contribution in [0.25, 0.3) is 0 Å². The van der Waals surface area contributed by atoms with Gasteiger partial charge in [0.05, 0.1) is 24.0 Å². The molecular formula is C20H21FN6O2. The van der Waals surface area contributed by atoms with Gasteiger partial charge in [0.1, 0.15) is 17.5 Å². The van der Waals surface area contributed by atoms with Crippen molar-refractivity contribution in [2.75, 3.05) is 24.8 Å². The van der Waals surface area contributed by atoms with E-state index < -0.39 is 5.82 Å². The minimum absolute atomic E-state index is 0.0451. The predicted octanol–water partition coefficient (Wildman–Crippen LogP) is 3.48. The molecular weight excluding hydrogens is 375 g/mol. The second kappa shape index (κ2) is 8.51. The fourth-order valence-electron chi connectivity index (χ4n) is 2.81. The Labute approximate surface area is 167 Å². The lowest BCUT2D eigenvalue weighted by molar-refractivity contribution is 0.0963. The van der Waals surface area contributed by atoms with E-state index in [0.717, 1.165) is 5.69 Å². The van der Waals surface area contributed by atoms with Crippen molar-refractivity contribution >= 4 is 28.9 Å². The molecule has 0 aliphatic heterocycles. The highest BCUT2D eigenvalue weighted by Crippen LogP contribution is 2.32. The fourth-order valence-corrected chi connectivity index (χ4v) is 2.81. The topological polar surface area (TPSA) is 101 Å². The maximum Gasteiger partial charge on any atom is 0.254 e. The van der Waals surface area contributed by atoms with E-state index in [-0.39, 0.29) is 11.7 Å². The van der Waals surface area contributed by atoms with Gasteiger partial charge in [0, 0.05) is 31.1 Å². The normalized spacial score (nSPS) is 10.4. The third-order valence-electron chi connectivity index (χ3n) is 4.04. The highest BCUT2D eigenvalue weighted by Gasteiger charge is 2.16. The number of aryl methyl sites for hydroxylation is 2. The molecule has 9 heteroatoms. The summed E-state index contributed by atoms with van der Waals surface area (Å²) in [7, 11) is 2.90. The number of benzene rings is 1. The number of carbonyl (C=O) groups excluding carboxylic acids is 1. The second-order valence-electron chi connectivity index (χ2n) is 6.21. The lowest BCUT2D eigenvalue weighted by atomic mass is 10.2. The average Bonchev–Trinajstić information content (AvgIpc) is 2.67. The van der Waals surface area contributed by atoms with Crippen LogP contribution in [0, 0.1) is 19.7 Å². The van der Waals surface area contributed by atoms with Gasteiger partial charge in [-0.3, -0.25) is 4.79 Å². The van der Waals surface area contributed by atoms with E-state index in [1.807, 2.05) is 6.92 Å². The summed E-state index contributed by atoms with van der Waals surface area (Å²) in [5.74, 6) is 0.840. The Bertz CT molecular complexity index is 1040. The lowest BCUT2D eigenvalue weighted by Crippen LogP contribution is -2.19. The molecule has 3 aromatic rings. The van der Waals surface area contributed by atoms with Crippen molar-refractivity contribution < 1.29 is 13.9 Å². The van der Waals surface area contributed by atoms with Gasteiger partial charge in [0.2, 0.25) is 0 Å². The maximum absolute atomic E-state index is 14.0. The molecule has 0 aliphatic carbocycles. The molecule has 8 nitrogen and oxygen atoms in total. The van der Waals surface area contributed by atoms with Crippen molar-refractivity contribution in [3.8, 4) is 5.75 Å². The van der Waals surface area contributed by atoms with Crippen LogP contribution in [0.4, 0.5) is 27.4 Å². The summed E-state index contributed by atoms with van der Waals surface area (Å²) < 4.78 is 19.2. The van der Waals surface area contributed by atoms with Crippen molar-refractivity contribution in [3.05, 3.63) is 59.4 Å². The quantitative estimate of drug-likeness (QED) is 0.586. The Hall–Kier alpha value is -3.75. The smallest absolute Gasteiger partial charge is 0.254 e. The molecule has 0 radical (unpaired) electrons. The van der Waals surface area contributed by atoms with Crippen molar-refractivity contribution in [2.45, 2.75) is 13.8 Å². The Morgan fingerprint density at radius 3 is 2.55 bits per heavy atom. The molecule has 2 heterocycles. The molecule has 1 amide bonds. The number of hydrogen-bond donors (Lipinski definition) is 3. The van der Waals surface area contributed by atoms with Gasteiger partial charge in [0.15, 0.2) is 11.6 Å². The highest BCUT2D eigenvalue weighted by molar-refractivity contribution is 6.00. The first-order valence-electron chi connectivity index (χ1n) is 8.82. The van der Waals surface area contributed by atoms with Crippen LogP contribution in [-0.4, -0.2) is 35.0 Å². The minimum Gasteiger partial charge on any atom is -0.492 e. The molecule has 29 heavy (non-hydrogen) atoms. The molecule has 2 aromatic heterocycles. The Morgan fingerprint density at radius 1 is 1.07 bits per heavy atom. The largest absolute Gasteiger partial charge is 0.492 e. The zero-order valence-electron chi connectivity index (χ0n) is 16.5. The van der Waals surface area contributed by atoms with Gasteiger partial charge in [-0.15, -0.1) is 0 Å². The molecule has 0 bridgehead atoms. The number of rotatable bonds is 6. The van der Waals surface area contributed by atoms with Gasteiger partial charge in [0.25, 0.3) is 5.91 Å². The van der Waals surface area contributed by atoms with Crippen LogP contribution in [0.1, 0.15) is 21.9 Å². The number of amides is 1. The summed E-state index contributed by atoms with van der Waals surface area (Å²) in [5, 5.41) is 8.72. The van der Waals surface area contributed by atoms with Crippen molar-refractivity contribution in [1.29, 1.82) is 0 Å². The molecule has 0 spiro atoms. The second-order valence-corrected chi connectivity index (χ2v) is 6.21. The van der Waals surface area contributed by atoms with E-state index in [2.05, 4.69) is 30.9 Å². The van der Waals surface area contributed by atoms with Crippen LogP contribution < -0.4 is 20.7 Å². The number of halogens is 1. The first-order valence-corrected chi connectivity index (χ1v) is 8.82. The highest BCUT2D eigenvalue weighted by atomic mass is 19.1. The Kier molecular flexibility index (Phi) is 5.87. The van der Waals surface area contributed by atoms with Gasteiger partial charge in [-0.25, -0.2) is 19.3 Å². The molecule has 0 unspecified atom stereocenters. The molecule has 0 fully saturated rings. The zero-order valence-corrected chi connectivity index (χ0v) is 16.5. The van der Waals surface area contributed by atoms with Crippen LogP contribution in [-0.2, 0) is 0 Å². The third kappa shape index (κ3) is 4.57. The molecule has 150 valence electrons. The van der Waals surface area contributed by atoms with Crippen molar-refractivity contribution in [3.63, 3.8) is 0 Å². The number of para-hydroxylation sites is 1. The number of anilines is 4. The number of nitrogens with one attached hydrogen (secondary N) is 3. The SMILES string of the molecule is CNC(=O)c1cnc(Nc2cc(C)nc(C)n2)cc1Nc1cccc(F)c1OC. The van der Waals surface area contributed by atoms with Crippen LogP contribution in [0.2, 0.25) is 0 Å². The van der Waals surface area contributed by atoms with Crippen LogP contribution >= 0.6 is 0 Å². The Morgan fingerprint density at radius 2 is 1.86 bits per heavy atom. The average molecular weight is 396 g/mol. The lowest BCUT2D eigenvalue weighted by Gasteiger charge is -2.16. The number of hydrogen-bond acceptors (Lipinski definition) is 7. The van der Waals surface area contributed by atoms with Gasteiger partial charge in [-0.05, 0) is 26.0 Å². The summed E-state index contributed by atoms with van der Waals surface area (Å²) in [4.78, 5) is 25.1. The number of pyridine rings is 1. The van der Waals surface area contributed by atoms with E-state index in [9.17, 15) is 9.18 Å². The molecule has 0 saturated carbocycles. The van der Waals surface area contributed by atoms with Crippen LogP contribution in [0.15, 0.2) is 36.5 Å². The molecule has 0 atom stereocenters. The predicted molar refractivity (Wildman–Crippen MR) is 109 cm³/mol. The first-order chi connectivity index (χ1) is 13.9. The van der Waals surface area contributed by atoms with Crippen LogP contribution in [0.3, 0.4) is 0 Å². The van der Waals surface area contributed by atoms with Crippen molar-refractivity contribution in [2.24, 2.45) is 0 Å². The van der Waals surface area contributed by atoms with Gasteiger partial charge in [-0.1, -0.05) is 6.07 Å². The fraction of sp³-hybridized carbons (Fsp3) is 0.200. The van der Waals surface area contributed by atoms with E-state index in [1.54, 1.807) is 31.2 Å². The number of carbonyl (C=O) groups is 1. The van der Waals surface area contributed by atoms with Crippen molar-refractivity contribution in [1.82, 2.24) is 20.3 Å². The molecule has 3 rings (SSSR count). The van der Waals surface area contributed by atoms with E-state index in [1.165, 1.54) is 26.4 Å². The van der Waals surface area contributed by atoms with Crippen LogP contribution in [0.5, 0.6) is 5.75 Å². The Balaban J connectivity index is 2.00. The summed E-state index contributed by atoms with van der Waals surface area (Å²) in [6.45, 7) is 3.66. The zero-order chi connectivity index (χ0) is 21.0. The molecule has 0 saturated heterocycles. The molecule has 0 aliphatic rings. The summed E-state index contributed by atoms with van der Waals surface area (Å²) >= 11 is 0. The van der Waals surface area contributed by atoms with Gasteiger partial charge in [-0.2, -0.15) is 0 Å². The first kappa shape index (κ1) is 20.0. The molecule has 3 N–H and O–H groups in total. The van der Waals surface area contributed by atoms with Gasteiger partial charge >= 0.3 is 0 Å².